The van der Waals surface area contributed by atoms with E-state index < -0.39 is 18.1 Å². The average molecular weight is 574 g/mol. The van der Waals surface area contributed by atoms with E-state index in [1.54, 1.807) is 30.3 Å². The predicted molar refractivity (Wildman–Crippen MR) is 143 cm³/mol. The SMILES string of the molecule is CC1CC(c2cccc(N3Cc4c(cc(CN5CCC[C@H](C)C5)cc4C(F)F)C3=O)c2)(c2nncn2C(F)(F)F)C1. The Bertz CT molecular complexity index is 1460. The quantitative estimate of drug-likeness (QED) is 0.305. The lowest BCUT2D eigenvalue weighted by atomic mass is 9.58. The first-order chi connectivity index (χ1) is 19.5. The number of nitrogens with zero attached hydrogens (tertiary/aromatic N) is 5. The second-order valence-corrected chi connectivity index (χ2v) is 12.0. The Morgan fingerprint density at radius 3 is 2.56 bits per heavy atom. The molecule has 1 amide bonds. The summed E-state index contributed by atoms with van der Waals surface area (Å²) in [5, 5.41) is 7.44. The number of carbonyl (C=O) groups excluding carboxylic acids is 1. The van der Waals surface area contributed by atoms with Crippen LogP contribution in [-0.4, -0.2) is 38.7 Å². The minimum Gasteiger partial charge on any atom is -0.304 e. The molecular weight excluding hydrogens is 541 g/mol. The van der Waals surface area contributed by atoms with Crippen LogP contribution in [0.15, 0.2) is 42.7 Å². The van der Waals surface area contributed by atoms with E-state index in [1.165, 1.54) is 11.0 Å². The number of benzene rings is 2. The number of anilines is 1. The fourth-order valence-electron chi connectivity index (χ4n) is 7.08. The second kappa shape index (κ2) is 10.2. The minimum atomic E-state index is -4.68. The number of fused-ring (bicyclic) bond motifs is 1. The predicted octanol–water partition coefficient (Wildman–Crippen LogP) is 6.80. The molecule has 0 unspecified atom stereocenters. The monoisotopic (exact) mass is 573 g/mol. The van der Waals surface area contributed by atoms with Gasteiger partial charge in [0.05, 0.1) is 12.0 Å². The van der Waals surface area contributed by atoms with E-state index in [-0.39, 0.29) is 39.9 Å². The van der Waals surface area contributed by atoms with Gasteiger partial charge in [0.1, 0.15) is 6.33 Å². The molecule has 2 aromatic carbocycles. The first kappa shape index (κ1) is 27.8. The zero-order valence-corrected chi connectivity index (χ0v) is 23.0. The average Bonchev–Trinajstić information content (AvgIpc) is 3.52. The van der Waals surface area contributed by atoms with Gasteiger partial charge in [0, 0.05) is 29.9 Å². The summed E-state index contributed by atoms with van der Waals surface area (Å²) in [6.07, 6.45) is -3.67. The highest BCUT2D eigenvalue weighted by molar-refractivity contribution is 6.10. The number of likely N-dealkylation sites (tertiary alicyclic amines) is 1. The molecule has 2 aliphatic heterocycles. The van der Waals surface area contributed by atoms with Gasteiger partial charge in [-0.05, 0) is 85.0 Å². The molecule has 0 bridgehead atoms. The summed E-state index contributed by atoms with van der Waals surface area (Å²) in [6.45, 7) is 6.39. The summed E-state index contributed by atoms with van der Waals surface area (Å²) < 4.78 is 70.0. The van der Waals surface area contributed by atoms with Crippen molar-refractivity contribution in [3.8, 4) is 0 Å². The van der Waals surface area contributed by atoms with Crippen molar-refractivity contribution in [3.63, 3.8) is 0 Å². The maximum atomic E-state index is 14.3. The van der Waals surface area contributed by atoms with Gasteiger partial charge in [0.15, 0.2) is 5.82 Å². The molecule has 11 heteroatoms. The fraction of sp³-hybridized carbons (Fsp3) is 0.500. The summed E-state index contributed by atoms with van der Waals surface area (Å²) in [5.74, 6) is 0.129. The van der Waals surface area contributed by atoms with Crippen molar-refractivity contribution in [1.82, 2.24) is 19.7 Å². The van der Waals surface area contributed by atoms with Gasteiger partial charge in [0.2, 0.25) is 0 Å². The lowest BCUT2D eigenvalue weighted by Crippen LogP contribution is -2.44. The first-order valence-corrected chi connectivity index (χ1v) is 14.0. The van der Waals surface area contributed by atoms with E-state index in [0.29, 0.717) is 54.0 Å². The number of aromatic nitrogens is 3. The number of halogens is 5. The zero-order valence-electron chi connectivity index (χ0n) is 23.0. The molecule has 218 valence electrons. The molecule has 1 aliphatic carbocycles. The summed E-state index contributed by atoms with van der Waals surface area (Å²) in [4.78, 5) is 17.4. The largest absolute Gasteiger partial charge is 0.491 e. The smallest absolute Gasteiger partial charge is 0.304 e. The molecular formula is C30H32F5N5O. The van der Waals surface area contributed by atoms with Crippen LogP contribution in [0.2, 0.25) is 0 Å². The van der Waals surface area contributed by atoms with E-state index in [2.05, 4.69) is 22.0 Å². The molecule has 3 aromatic rings. The highest BCUT2D eigenvalue weighted by atomic mass is 19.4. The van der Waals surface area contributed by atoms with Gasteiger partial charge >= 0.3 is 6.30 Å². The molecule has 0 radical (unpaired) electrons. The number of rotatable bonds is 6. The summed E-state index contributed by atoms with van der Waals surface area (Å²) in [7, 11) is 0. The zero-order chi connectivity index (χ0) is 29.1. The van der Waals surface area contributed by atoms with Crippen molar-refractivity contribution in [2.45, 2.75) is 70.8 Å². The fourth-order valence-corrected chi connectivity index (χ4v) is 7.08. The van der Waals surface area contributed by atoms with E-state index in [4.69, 9.17) is 0 Å². The van der Waals surface area contributed by atoms with Crippen molar-refractivity contribution in [1.29, 1.82) is 0 Å². The van der Waals surface area contributed by atoms with E-state index >= 15 is 0 Å². The molecule has 1 aromatic heterocycles. The molecule has 3 heterocycles. The highest BCUT2D eigenvalue weighted by Crippen LogP contribution is 2.53. The maximum absolute atomic E-state index is 14.3. The van der Waals surface area contributed by atoms with Crippen molar-refractivity contribution in [2.75, 3.05) is 18.0 Å². The van der Waals surface area contributed by atoms with Crippen molar-refractivity contribution >= 4 is 11.6 Å². The molecule has 1 saturated carbocycles. The molecule has 3 aliphatic rings. The Kier molecular flexibility index (Phi) is 6.91. The molecule has 1 atom stereocenters. The van der Waals surface area contributed by atoms with Crippen LogP contribution in [0.4, 0.5) is 27.6 Å². The van der Waals surface area contributed by atoms with Crippen LogP contribution in [-0.2, 0) is 24.8 Å². The highest BCUT2D eigenvalue weighted by Gasteiger charge is 2.51. The summed E-state index contributed by atoms with van der Waals surface area (Å²) >= 11 is 0. The molecule has 0 spiro atoms. The first-order valence-electron chi connectivity index (χ1n) is 14.0. The number of piperidine rings is 1. The molecule has 41 heavy (non-hydrogen) atoms. The number of alkyl halides is 5. The lowest BCUT2D eigenvalue weighted by Gasteiger charge is -2.46. The van der Waals surface area contributed by atoms with Crippen LogP contribution in [0.5, 0.6) is 0 Å². The number of carbonyl (C=O) groups is 1. The third kappa shape index (κ3) is 4.91. The molecule has 6 nitrogen and oxygen atoms in total. The van der Waals surface area contributed by atoms with Gasteiger partial charge in [-0.25, -0.2) is 13.3 Å². The summed E-state index contributed by atoms with van der Waals surface area (Å²) in [5.41, 5.74) is 1.12. The summed E-state index contributed by atoms with van der Waals surface area (Å²) in [6, 6.07) is 10.1. The Morgan fingerprint density at radius 2 is 1.88 bits per heavy atom. The van der Waals surface area contributed by atoms with Crippen molar-refractivity contribution < 1.29 is 26.7 Å². The van der Waals surface area contributed by atoms with Gasteiger partial charge in [-0.1, -0.05) is 26.0 Å². The van der Waals surface area contributed by atoms with Gasteiger partial charge in [-0.2, -0.15) is 0 Å². The van der Waals surface area contributed by atoms with Crippen LogP contribution in [0, 0.1) is 11.8 Å². The normalized spacial score (nSPS) is 25.1. The number of hydrogen-bond acceptors (Lipinski definition) is 4. The topological polar surface area (TPSA) is 54.3 Å². The van der Waals surface area contributed by atoms with Gasteiger partial charge in [0.25, 0.3) is 12.3 Å². The third-order valence-electron chi connectivity index (χ3n) is 8.87. The van der Waals surface area contributed by atoms with Crippen LogP contribution in [0.25, 0.3) is 0 Å². The van der Waals surface area contributed by atoms with E-state index in [0.717, 1.165) is 25.9 Å². The Balaban J connectivity index is 1.33. The molecule has 2 fully saturated rings. The minimum absolute atomic E-state index is 0.0273. The van der Waals surface area contributed by atoms with Crippen LogP contribution >= 0.6 is 0 Å². The molecule has 1 saturated heterocycles. The van der Waals surface area contributed by atoms with Crippen LogP contribution in [0.1, 0.15) is 84.4 Å². The van der Waals surface area contributed by atoms with E-state index in [1.807, 2.05) is 6.92 Å². The maximum Gasteiger partial charge on any atom is 0.491 e. The Morgan fingerprint density at radius 1 is 1.10 bits per heavy atom. The van der Waals surface area contributed by atoms with Crippen molar-refractivity contribution in [2.24, 2.45) is 11.8 Å². The van der Waals surface area contributed by atoms with Gasteiger partial charge in [-0.15, -0.1) is 23.4 Å². The van der Waals surface area contributed by atoms with E-state index in [9.17, 15) is 26.7 Å². The van der Waals surface area contributed by atoms with Crippen molar-refractivity contribution in [3.05, 3.63) is 76.4 Å². The molecule has 0 N–H and O–H groups in total. The molecule has 6 rings (SSSR count). The van der Waals surface area contributed by atoms with Gasteiger partial charge < -0.3 is 4.90 Å². The standard InChI is InChI=1S/C30H32F5N5O/c1-18-5-4-8-38(14-18)15-20-9-23(26(31)32)25-16-39(27(41)24(25)10-20)22-7-3-6-21(11-22)29(12-19(2)13-29)28-37-36-17-40(28)30(33,34)35/h3,6-7,9-11,17-19,26H,4-5,8,12-16H2,1-2H3/t18-,19?,29?/m0/s1. The second-order valence-electron chi connectivity index (χ2n) is 12.0. The Labute approximate surface area is 235 Å². The van der Waals surface area contributed by atoms with Crippen LogP contribution in [0.3, 0.4) is 0 Å². The van der Waals surface area contributed by atoms with Crippen LogP contribution < -0.4 is 4.90 Å². The lowest BCUT2D eigenvalue weighted by molar-refractivity contribution is -0.207. The number of amides is 1. The Hall–Kier alpha value is -3.34. The van der Waals surface area contributed by atoms with Gasteiger partial charge in [-0.3, -0.25) is 9.69 Å². The number of hydrogen-bond donors (Lipinski definition) is 0. The third-order valence-corrected chi connectivity index (χ3v) is 8.87.